The van der Waals surface area contributed by atoms with Gasteiger partial charge < -0.3 is 10.4 Å². The van der Waals surface area contributed by atoms with Gasteiger partial charge in [-0.05, 0) is 25.0 Å². The molecule has 1 aromatic carbocycles. The number of thioether (sulfide) groups is 1. The first-order chi connectivity index (χ1) is 7.70. The zero-order valence-electron chi connectivity index (χ0n) is 8.82. The first-order valence-electron chi connectivity index (χ1n) is 5.47. The molecule has 1 amide bonds. The molecule has 0 bridgehead atoms. The molecule has 16 heavy (non-hydrogen) atoms. The highest BCUT2D eigenvalue weighted by Gasteiger charge is 2.45. The van der Waals surface area contributed by atoms with Crippen LogP contribution in [0.25, 0.3) is 0 Å². The van der Waals surface area contributed by atoms with Gasteiger partial charge >= 0.3 is 0 Å². The van der Waals surface area contributed by atoms with Crippen molar-refractivity contribution in [3.8, 4) is 5.75 Å². The van der Waals surface area contributed by atoms with E-state index in [0.717, 1.165) is 35.6 Å². The highest BCUT2D eigenvalue weighted by atomic mass is 32.2. The summed E-state index contributed by atoms with van der Waals surface area (Å²) >= 11 is 1.71. The number of phenols is 1. The van der Waals surface area contributed by atoms with Crippen LogP contribution in [0.4, 0.5) is 5.69 Å². The SMILES string of the molecule is O=C1Nc2cc(O)ccc2SCC12CCC2. The van der Waals surface area contributed by atoms with Crippen LogP contribution in [0.3, 0.4) is 0 Å². The molecule has 0 saturated heterocycles. The molecule has 0 aromatic heterocycles. The van der Waals surface area contributed by atoms with Crippen molar-refractivity contribution < 1.29 is 9.90 Å². The summed E-state index contributed by atoms with van der Waals surface area (Å²) in [7, 11) is 0. The Hall–Kier alpha value is -1.16. The molecular weight excluding hydrogens is 222 g/mol. The van der Waals surface area contributed by atoms with E-state index in [1.54, 1.807) is 23.9 Å². The van der Waals surface area contributed by atoms with Crippen LogP contribution < -0.4 is 5.32 Å². The lowest BCUT2D eigenvalue weighted by atomic mass is 9.69. The zero-order chi connectivity index (χ0) is 11.2. The van der Waals surface area contributed by atoms with Crippen molar-refractivity contribution in [2.75, 3.05) is 11.1 Å². The fourth-order valence-electron chi connectivity index (χ4n) is 2.25. The number of nitrogens with one attached hydrogen (secondary N) is 1. The molecule has 2 aliphatic rings. The quantitative estimate of drug-likeness (QED) is 0.726. The summed E-state index contributed by atoms with van der Waals surface area (Å²) in [5, 5.41) is 12.3. The van der Waals surface area contributed by atoms with E-state index in [4.69, 9.17) is 0 Å². The van der Waals surface area contributed by atoms with E-state index in [2.05, 4.69) is 5.32 Å². The van der Waals surface area contributed by atoms with Gasteiger partial charge in [0.05, 0.1) is 11.1 Å². The van der Waals surface area contributed by atoms with Crippen LogP contribution >= 0.6 is 11.8 Å². The van der Waals surface area contributed by atoms with Gasteiger partial charge in [0, 0.05) is 16.7 Å². The summed E-state index contributed by atoms with van der Waals surface area (Å²) in [6.45, 7) is 0. The number of amides is 1. The predicted molar refractivity (Wildman–Crippen MR) is 63.7 cm³/mol. The number of fused-ring (bicyclic) bond motifs is 1. The van der Waals surface area contributed by atoms with E-state index in [1.807, 2.05) is 6.07 Å². The number of hydrogen-bond acceptors (Lipinski definition) is 3. The minimum Gasteiger partial charge on any atom is -0.508 e. The van der Waals surface area contributed by atoms with E-state index in [9.17, 15) is 9.90 Å². The van der Waals surface area contributed by atoms with Gasteiger partial charge in [0.25, 0.3) is 0 Å². The molecule has 2 N–H and O–H groups in total. The fraction of sp³-hybridized carbons (Fsp3) is 0.417. The largest absolute Gasteiger partial charge is 0.508 e. The Morgan fingerprint density at radius 1 is 1.38 bits per heavy atom. The van der Waals surface area contributed by atoms with Crippen LogP contribution in [0.5, 0.6) is 5.75 Å². The fourth-order valence-corrected chi connectivity index (χ4v) is 3.53. The van der Waals surface area contributed by atoms with Crippen molar-refractivity contribution in [1.82, 2.24) is 0 Å². The number of aromatic hydroxyl groups is 1. The Bertz CT molecular complexity index is 454. The molecule has 1 heterocycles. The van der Waals surface area contributed by atoms with Crippen molar-refractivity contribution in [3.63, 3.8) is 0 Å². The molecule has 1 aromatic rings. The van der Waals surface area contributed by atoms with E-state index in [1.165, 1.54) is 0 Å². The number of carbonyl (C=O) groups is 1. The molecule has 1 saturated carbocycles. The lowest BCUT2D eigenvalue weighted by Gasteiger charge is -2.38. The summed E-state index contributed by atoms with van der Waals surface area (Å²) < 4.78 is 0. The van der Waals surface area contributed by atoms with E-state index < -0.39 is 0 Å². The lowest BCUT2D eigenvalue weighted by molar-refractivity contribution is -0.128. The normalized spacial score (nSPS) is 21.9. The Kier molecular flexibility index (Phi) is 2.14. The van der Waals surface area contributed by atoms with Crippen molar-refractivity contribution in [1.29, 1.82) is 0 Å². The average Bonchev–Trinajstić information content (AvgIpc) is 2.32. The number of phenolic OH excluding ortho intramolecular Hbond substituents is 1. The number of hydrogen-bond donors (Lipinski definition) is 2. The Labute approximate surface area is 98.2 Å². The maximum atomic E-state index is 12.1. The van der Waals surface area contributed by atoms with Crippen LogP contribution in [0, 0.1) is 5.41 Å². The summed E-state index contributed by atoms with van der Waals surface area (Å²) in [6.07, 6.45) is 3.13. The molecule has 4 heteroatoms. The Morgan fingerprint density at radius 2 is 2.19 bits per heavy atom. The molecule has 1 aliphatic heterocycles. The molecule has 3 nitrogen and oxygen atoms in total. The summed E-state index contributed by atoms with van der Waals surface area (Å²) in [5.74, 6) is 1.18. The van der Waals surface area contributed by atoms with Gasteiger partial charge in [-0.2, -0.15) is 0 Å². The standard InChI is InChI=1S/C12H13NO2S/c14-8-2-3-10-9(6-8)13-11(15)12(7-16-10)4-1-5-12/h2-3,6,14H,1,4-5,7H2,(H,13,15). The van der Waals surface area contributed by atoms with Gasteiger partial charge in [0.1, 0.15) is 5.75 Å². The molecule has 3 rings (SSSR count). The van der Waals surface area contributed by atoms with Crippen LogP contribution in [0.1, 0.15) is 19.3 Å². The number of anilines is 1. The van der Waals surface area contributed by atoms with E-state index in [0.29, 0.717) is 0 Å². The third kappa shape index (κ3) is 1.40. The van der Waals surface area contributed by atoms with Gasteiger partial charge in [-0.25, -0.2) is 0 Å². The molecule has 0 atom stereocenters. The van der Waals surface area contributed by atoms with E-state index >= 15 is 0 Å². The lowest BCUT2D eigenvalue weighted by Crippen LogP contribution is -2.43. The molecule has 1 fully saturated rings. The van der Waals surface area contributed by atoms with Gasteiger partial charge in [-0.15, -0.1) is 11.8 Å². The molecule has 84 valence electrons. The molecular formula is C12H13NO2S. The number of benzene rings is 1. The summed E-state index contributed by atoms with van der Waals surface area (Å²) in [6, 6.07) is 5.15. The second-order valence-electron chi connectivity index (χ2n) is 4.56. The van der Waals surface area contributed by atoms with Crippen molar-refractivity contribution >= 4 is 23.4 Å². The smallest absolute Gasteiger partial charge is 0.231 e. The first-order valence-corrected chi connectivity index (χ1v) is 6.45. The molecule has 0 radical (unpaired) electrons. The summed E-state index contributed by atoms with van der Waals surface area (Å²) in [4.78, 5) is 13.1. The second-order valence-corrected chi connectivity index (χ2v) is 5.57. The highest BCUT2D eigenvalue weighted by Crippen LogP contribution is 2.49. The highest BCUT2D eigenvalue weighted by molar-refractivity contribution is 7.99. The van der Waals surface area contributed by atoms with Crippen LogP contribution in [0.15, 0.2) is 23.1 Å². The minimum atomic E-state index is -0.153. The number of carbonyl (C=O) groups excluding carboxylic acids is 1. The maximum absolute atomic E-state index is 12.1. The van der Waals surface area contributed by atoms with E-state index in [-0.39, 0.29) is 17.1 Å². The van der Waals surface area contributed by atoms with Gasteiger partial charge in [-0.3, -0.25) is 4.79 Å². The van der Waals surface area contributed by atoms with Crippen molar-refractivity contribution in [2.45, 2.75) is 24.2 Å². The van der Waals surface area contributed by atoms with Crippen LogP contribution in [0.2, 0.25) is 0 Å². The van der Waals surface area contributed by atoms with Crippen molar-refractivity contribution in [3.05, 3.63) is 18.2 Å². The Morgan fingerprint density at radius 3 is 2.88 bits per heavy atom. The van der Waals surface area contributed by atoms with Crippen LogP contribution in [-0.4, -0.2) is 16.8 Å². The third-order valence-corrected chi connectivity index (χ3v) is 4.87. The van der Waals surface area contributed by atoms with Gasteiger partial charge in [-0.1, -0.05) is 6.42 Å². The first kappa shape index (κ1) is 10.0. The van der Waals surface area contributed by atoms with Crippen molar-refractivity contribution in [2.24, 2.45) is 5.41 Å². The topological polar surface area (TPSA) is 49.3 Å². The second kappa shape index (κ2) is 3.42. The molecule has 1 spiro atoms. The van der Waals surface area contributed by atoms with Gasteiger partial charge in [0.2, 0.25) is 5.91 Å². The van der Waals surface area contributed by atoms with Gasteiger partial charge in [0.15, 0.2) is 0 Å². The maximum Gasteiger partial charge on any atom is 0.231 e. The average molecular weight is 235 g/mol. The third-order valence-electron chi connectivity index (χ3n) is 3.51. The molecule has 1 aliphatic carbocycles. The number of rotatable bonds is 0. The zero-order valence-corrected chi connectivity index (χ0v) is 9.64. The van der Waals surface area contributed by atoms with Crippen LogP contribution in [-0.2, 0) is 4.79 Å². The Balaban J connectivity index is 1.97. The predicted octanol–water partition coefficient (Wildman–Crippen LogP) is 2.61. The minimum absolute atomic E-state index is 0.121. The molecule has 0 unspecified atom stereocenters. The monoisotopic (exact) mass is 235 g/mol. The summed E-state index contributed by atoms with van der Waals surface area (Å²) in [5.41, 5.74) is 0.595.